The van der Waals surface area contributed by atoms with Crippen LogP contribution in [0.25, 0.3) is 0 Å². The van der Waals surface area contributed by atoms with Gasteiger partial charge in [0.05, 0.1) is 10.6 Å². The summed E-state index contributed by atoms with van der Waals surface area (Å²) in [5, 5.41) is 0. The second kappa shape index (κ2) is 7.60. The minimum atomic E-state index is 0.193. The second-order valence-corrected chi connectivity index (χ2v) is 4.88. The van der Waals surface area contributed by atoms with Gasteiger partial charge < -0.3 is 4.74 Å². The van der Waals surface area contributed by atoms with Crippen molar-refractivity contribution in [3.8, 4) is 6.01 Å². The Hall–Kier alpha value is -0.640. The molecule has 16 heavy (non-hydrogen) atoms. The van der Waals surface area contributed by atoms with Crippen molar-refractivity contribution in [2.24, 2.45) is 0 Å². The monoisotopic (exact) mass is 286 g/mol. The van der Waals surface area contributed by atoms with Crippen molar-refractivity contribution in [3.63, 3.8) is 0 Å². The first-order valence-electron chi connectivity index (χ1n) is 5.86. The van der Waals surface area contributed by atoms with Crippen LogP contribution < -0.4 is 4.74 Å². The Balaban J connectivity index is 2.23. The summed E-state index contributed by atoms with van der Waals surface area (Å²) in [6.45, 7) is 4.28. The Morgan fingerprint density at radius 1 is 1.25 bits per heavy atom. The van der Waals surface area contributed by atoms with Crippen LogP contribution in [0, 0.1) is 0 Å². The van der Waals surface area contributed by atoms with Crippen molar-refractivity contribution in [1.29, 1.82) is 0 Å². The van der Waals surface area contributed by atoms with E-state index >= 15 is 0 Å². The zero-order chi connectivity index (χ0) is 11.8. The lowest BCUT2D eigenvalue weighted by Crippen LogP contribution is -2.13. The van der Waals surface area contributed by atoms with Crippen molar-refractivity contribution in [3.05, 3.63) is 16.9 Å². The predicted octanol–water partition coefficient (Wildman–Crippen LogP) is 3.98. The molecule has 0 radical (unpaired) electrons. The van der Waals surface area contributed by atoms with Gasteiger partial charge in [0.25, 0.3) is 0 Å². The van der Waals surface area contributed by atoms with Crippen molar-refractivity contribution < 1.29 is 4.74 Å². The zero-order valence-corrected chi connectivity index (χ0v) is 11.5. The van der Waals surface area contributed by atoms with Gasteiger partial charge in [-0.15, -0.1) is 0 Å². The summed E-state index contributed by atoms with van der Waals surface area (Å²) in [6, 6.07) is 0.464. The molecule has 0 aliphatic heterocycles. The topological polar surface area (TPSA) is 35.0 Å². The van der Waals surface area contributed by atoms with Gasteiger partial charge in [-0.2, -0.15) is 0 Å². The van der Waals surface area contributed by atoms with E-state index in [0.29, 0.717) is 6.01 Å². The molecule has 1 heterocycles. The van der Waals surface area contributed by atoms with Crippen molar-refractivity contribution in [2.45, 2.75) is 52.1 Å². The molecule has 0 N–H and O–H groups in total. The van der Waals surface area contributed by atoms with E-state index in [-0.39, 0.29) is 6.10 Å². The lowest BCUT2D eigenvalue weighted by molar-refractivity contribution is 0.189. The van der Waals surface area contributed by atoms with Gasteiger partial charge in [0.15, 0.2) is 0 Å². The molecule has 90 valence electrons. The number of nitrogens with zero attached hydrogens (tertiary/aromatic N) is 2. The third kappa shape index (κ3) is 5.45. The van der Waals surface area contributed by atoms with Gasteiger partial charge in [0.1, 0.15) is 0 Å². The number of hydrogen-bond donors (Lipinski definition) is 0. The maximum atomic E-state index is 5.61. The molecule has 0 spiro atoms. The molecule has 1 rings (SSSR count). The van der Waals surface area contributed by atoms with Gasteiger partial charge in [-0.1, -0.05) is 26.2 Å². The van der Waals surface area contributed by atoms with Gasteiger partial charge in [-0.05, 0) is 35.7 Å². The van der Waals surface area contributed by atoms with Crippen LogP contribution >= 0.6 is 15.9 Å². The highest BCUT2D eigenvalue weighted by atomic mass is 79.9. The molecule has 1 aromatic rings. The van der Waals surface area contributed by atoms with Gasteiger partial charge in [0.2, 0.25) is 0 Å². The largest absolute Gasteiger partial charge is 0.460 e. The first-order valence-corrected chi connectivity index (χ1v) is 6.66. The minimum Gasteiger partial charge on any atom is -0.460 e. The molecule has 4 heteroatoms. The van der Waals surface area contributed by atoms with E-state index in [2.05, 4.69) is 39.7 Å². The Morgan fingerprint density at radius 2 is 1.94 bits per heavy atom. The minimum absolute atomic E-state index is 0.193. The molecular formula is C12H19BrN2O. The summed E-state index contributed by atoms with van der Waals surface area (Å²) in [4.78, 5) is 8.16. The van der Waals surface area contributed by atoms with Crippen LogP contribution in [0.4, 0.5) is 0 Å². The number of aromatic nitrogens is 2. The number of unbranched alkanes of at least 4 members (excludes halogenated alkanes) is 3. The molecule has 0 aromatic carbocycles. The third-order valence-electron chi connectivity index (χ3n) is 2.37. The molecule has 0 bridgehead atoms. The van der Waals surface area contributed by atoms with Gasteiger partial charge >= 0.3 is 6.01 Å². The predicted molar refractivity (Wildman–Crippen MR) is 68.6 cm³/mol. The standard InChI is InChI=1S/C12H19BrN2O/c1-3-4-5-6-7-10(2)16-12-14-8-11(13)9-15-12/h8-10H,3-7H2,1-2H3. The average molecular weight is 287 g/mol. The van der Waals surface area contributed by atoms with Crippen molar-refractivity contribution in [1.82, 2.24) is 9.97 Å². The second-order valence-electron chi connectivity index (χ2n) is 3.96. The Morgan fingerprint density at radius 3 is 2.56 bits per heavy atom. The number of ether oxygens (including phenoxy) is 1. The summed E-state index contributed by atoms with van der Waals surface area (Å²) in [5.74, 6) is 0. The van der Waals surface area contributed by atoms with E-state index in [1.807, 2.05) is 0 Å². The van der Waals surface area contributed by atoms with Crippen LogP contribution in [0.3, 0.4) is 0 Å². The highest BCUT2D eigenvalue weighted by molar-refractivity contribution is 9.10. The van der Waals surface area contributed by atoms with E-state index in [1.165, 1.54) is 25.7 Å². The Kier molecular flexibility index (Phi) is 6.38. The fourth-order valence-corrected chi connectivity index (χ4v) is 1.66. The molecule has 1 aromatic heterocycles. The fraction of sp³-hybridized carbons (Fsp3) is 0.667. The smallest absolute Gasteiger partial charge is 0.316 e. The van der Waals surface area contributed by atoms with Crippen LogP contribution in [-0.4, -0.2) is 16.1 Å². The third-order valence-corrected chi connectivity index (χ3v) is 2.78. The molecule has 0 amide bonds. The zero-order valence-electron chi connectivity index (χ0n) is 9.95. The molecule has 0 saturated heterocycles. The lowest BCUT2D eigenvalue weighted by Gasteiger charge is -2.12. The molecule has 1 atom stereocenters. The highest BCUT2D eigenvalue weighted by Gasteiger charge is 2.05. The number of rotatable bonds is 7. The molecule has 0 aliphatic rings. The Labute approximate surface area is 106 Å². The van der Waals surface area contributed by atoms with Gasteiger partial charge in [-0.25, -0.2) is 9.97 Å². The molecule has 3 nitrogen and oxygen atoms in total. The first-order chi connectivity index (χ1) is 7.72. The van der Waals surface area contributed by atoms with Crippen LogP contribution in [0.1, 0.15) is 46.0 Å². The normalized spacial score (nSPS) is 12.4. The van der Waals surface area contributed by atoms with E-state index in [4.69, 9.17) is 4.74 Å². The Bertz CT molecular complexity index is 290. The average Bonchev–Trinajstić information content (AvgIpc) is 2.28. The molecule has 1 unspecified atom stereocenters. The quantitative estimate of drug-likeness (QED) is 0.711. The highest BCUT2D eigenvalue weighted by Crippen LogP contribution is 2.12. The summed E-state index contributed by atoms with van der Waals surface area (Å²) >= 11 is 3.29. The lowest BCUT2D eigenvalue weighted by atomic mass is 10.1. The maximum absolute atomic E-state index is 5.61. The van der Waals surface area contributed by atoms with Crippen LogP contribution in [0.2, 0.25) is 0 Å². The summed E-state index contributed by atoms with van der Waals surface area (Å²) in [5.41, 5.74) is 0. The first kappa shape index (κ1) is 13.4. The summed E-state index contributed by atoms with van der Waals surface area (Å²) < 4.78 is 6.48. The van der Waals surface area contributed by atoms with Crippen LogP contribution in [0.5, 0.6) is 6.01 Å². The van der Waals surface area contributed by atoms with E-state index in [9.17, 15) is 0 Å². The molecular weight excluding hydrogens is 268 g/mol. The number of hydrogen-bond acceptors (Lipinski definition) is 3. The van der Waals surface area contributed by atoms with Crippen LogP contribution in [0.15, 0.2) is 16.9 Å². The van der Waals surface area contributed by atoms with Gasteiger partial charge in [-0.3, -0.25) is 0 Å². The maximum Gasteiger partial charge on any atom is 0.316 e. The van der Waals surface area contributed by atoms with Crippen LogP contribution in [-0.2, 0) is 0 Å². The SMILES string of the molecule is CCCCCCC(C)Oc1ncc(Br)cn1. The number of halogens is 1. The van der Waals surface area contributed by atoms with E-state index < -0.39 is 0 Å². The van der Waals surface area contributed by atoms with E-state index in [0.717, 1.165) is 10.9 Å². The van der Waals surface area contributed by atoms with E-state index in [1.54, 1.807) is 12.4 Å². The van der Waals surface area contributed by atoms with Crippen molar-refractivity contribution >= 4 is 15.9 Å². The molecule has 0 aliphatic carbocycles. The van der Waals surface area contributed by atoms with Gasteiger partial charge in [0, 0.05) is 12.4 Å². The summed E-state index contributed by atoms with van der Waals surface area (Å²) in [6.07, 6.45) is 9.74. The van der Waals surface area contributed by atoms with Crippen molar-refractivity contribution in [2.75, 3.05) is 0 Å². The fourth-order valence-electron chi connectivity index (χ4n) is 1.46. The molecule has 0 saturated carbocycles. The summed E-state index contributed by atoms with van der Waals surface area (Å²) in [7, 11) is 0. The molecule has 0 fully saturated rings.